The first-order valence-electron chi connectivity index (χ1n) is 7.55. The van der Waals surface area contributed by atoms with Gasteiger partial charge in [-0.2, -0.15) is 0 Å². The maximum absolute atomic E-state index is 11.6. The summed E-state index contributed by atoms with van der Waals surface area (Å²) < 4.78 is 10.4. The Morgan fingerprint density at radius 2 is 1.84 bits per heavy atom. The monoisotopic (exact) mass is 367 g/mol. The highest BCUT2D eigenvalue weighted by Gasteiger charge is 2.11. The number of carbonyl (C=O) groups is 1. The third-order valence-electron chi connectivity index (χ3n) is 3.56. The lowest BCUT2D eigenvalue weighted by molar-refractivity contribution is 0.0606. The van der Waals surface area contributed by atoms with Crippen LogP contribution in [0.15, 0.2) is 52.9 Å². The van der Waals surface area contributed by atoms with Gasteiger partial charge >= 0.3 is 5.97 Å². The predicted octanol–water partition coefficient (Wildman–Crippen LogP) is 5.57. The Balaban J connectivity index is 1.54. The second kappa shape index (κ2) is 6.66. The van der Waals surface area contributed by atoms with Gasteiger partial charge in [0.25, 0.3) is 0 Å². The number of hydrogen-bond acceptors (Lipinski definition) is 6. The molecule has 0 bridgehead atoms. The third kappa shape index (κ3) is 3.26. The van der Waals surface area contributed by atoms with Crippen molar-refractivity contribution in [3.8, 4) is 9.75 Å². The Labute approximate surface area is 152 Å². The third-order valence-corrected chi connectivity index (χ3v) is 5.87. The minimum Gasteiger partial charge on any atom is -0.465 e. The highest BCUT2D eigenvalue weighted by Crippen LogP contribution is 2.34. The topological polar surface area (TPSA) is 52.3 Å². The summed E-state index contributed by atoms with van der Waals surface area (Å²) >= 11 is 3.08. The molecule has 4 aromatic rings. The molecule has 4 rings (SSSR count). The molecule has 0 radical (unpaired) electrons. The molecular weight excluding hydrogens is 354 g/mol. The first-order chi connectivity index (χ1) is 12.2. The van der Waals surface area contributed by atoms with Gasteiger partial charge in [-0.25, -0.2) is 9.78 Å². The summed E-state index contributed by atoms with van der Waals surface area (Å²) in [5, 5.41) is 0. The number of thiophene rings is 2. The Morgan fingerprint density at radius 1 is 1.04 bits per heavy atom. The Morgan fingerprint density at radius 3 is 2.68 bits per heavy atom. The lowest BCUT2D eigenvalue weighted by atomic mass is 10.3. The second-order valence-electron chi connectivity index (χ2n) is 5.21. The number of rotatable bonds is 4. The van der Waals surface area contributed by atoms with Crippen molar-refractivity contribution in [3.63, 3.8) is 0 Å². The van der Waals surface area contributed by atoms with Gasteiger partial charge in [-0.1, -0.05) is 12.1 Å². The normalized spacial score (nSPS) is 11.4. The molecule has 1 aromatic carbocycles. The van der Waals surface area contributed by atoms with E-state index in [0.29, 0.717) is 10.8 Å². The van der Waals surface area contributed by atoms with Crippen LogP contribution in [-0.2, 0) is 4.74 Å². The van der Waals surface area contributed by atoms with E-state index in [9.17, 15) is 4.79 Å². The van der Waals surface area contributed by atoms with Crippen LogP contribution in [0.5, 0.6) is 0 Å². The van der Waals surface area contributed by atoms with Crippen LogP contribution in [0, 0.1) is 0 Å². The van der Waals surface area contributed by atoms with Crippen LogP contribution in [0.4, 0.5) is 0 Å². The van der Waals surface area contributed by atoms with E-state index in [1.54, 1.807) is 17.4 Å². The zero-order valence-corrected chi connectivity index (χ0v) is 14.9. The van der Waals surface area contributed by atoms with Crippen molar-refractivity contribution in [2.24, 2.45) is 0 Å². The average Bonchev–Trinajstić information content (AvgIpc) is 3.37. The van der Waals surface area contributed by atoms with Gasteiger partial charge in [0.1, 0.15) is 10.4 Å². The molecule has 0 aliphatic rings. The molecule has 0 saturated carbocycles. The molecular formula is C19H13NO3S2. The molecule has 0 N–H and O–H groups in total. The first-order valence-corrected chi connectivity index (χ1v) is 9.18. The zero-order valence-electron chi connectivity index (χ0n) is 13.3. The molecule has 25 heavy (non-hydrogen) atoms. The van der Waals surface area contributed by atoms with Crippen LogP contribution in [0.1, 0.15) is 20.4 Å². The van der Waals surface area contributed by atoms with E-state index in [1.165, 1.54) is 18.4 Å². The van der Waals surface area contributed by atoms with E-state index >= 15 is 0 Å². The van der Waals surface area contributed by atoms with E-state index < -0.39 is 0 Å². The van der Waals surface area contributed by atoms with Crippen molar-refractivity contribution >= 4 is 51.9 Å². The van der Waals surface area contributed by atoms with E-state index in [2.05, 4.69) is 4.98 Å². The van der Waals surface area contributed by atoms with Gasteiger partial charge in [-0.05, 0) is 42.5 Å². The summed E-state index contributed by atoms with van der Waals surface area (Å²) in [4.78, 5) is 19.8. The summed E-state index contributed by atoms with van der Waals surface area (Å²) in [6, 6.07) is 15.5. The predicted molar refractivity (Wildman–Crippen MR) is 102 cm³/mol. The van der Waals surface area contributed by atoms with E-state index in [1.807, 2.05) is 54.6 Å². The minimum atomic E-state index is -0.302. The van der Waals surface area contributed by atoms with E-state index in [0.717, 1.165) is 25.7 Å². The summed E-state index contributed by atoms with van der Waals surface area (Å²) in [7, 11) is 1.39. The zero-order chi connectivity index (χ0) is 17.2. The summed E-state index contributed by atoms with van der Waals surface area (Å²) in [5.41, 5.74) is 1.63. The maximum atomic E-state index is 11.6. The number of hydrogen-bond donors (Lipinski definition) is 0. The number of ether oxygens (including phenoxy) is 1. The molecule has 0 spiro atoms. The molecule has 3 heterocycles. The minimum absolute atomic E-state index is 0.302. The molecule has 3 aromatic heterocycles. The number of benzene rings is 1. The number of aromatic nitrogens is 1. The largest absolute Gasteiger partial charge is 0.465 e. The van der Waals surface area contributed by atoms with Gasteiger partial charge in [0.15, 0.2) is 5.58 Å². The van der Waals surface area contributed by atoms with Crippen LogP contribution >= 0.6 is 22.7 Å². The number of fused-ring (bicyclic) bond motifs is 1. The number of esters is 1. The van der Waals surface area contributed by atoms with Crippen LogP contribution in [0.2, 0.25) is 0 Å². The van der Waals surface area contributed by atoms with Gasteiger partial charge in [-0.15, -0.1) is 22.7 Å². The van der Waals surface area contributed by atoms with Crippen LogP contribution in [0.3, 0.4) is 0 Å². The van der Waals surface area contributed by atoms with Crippen molar-refractivity contribution < 1.29 is 13.9 Å². The number of carbonyl (C=O) groups excluding carboxylic acids is 1. The smallest absolute Gasteiger partial charge is 0.348 e. The highest BCUT2D eigenvalue weighted by molar-refractivity contribution is 7.23. The summed E-state index contributed by atoms with van der Waals surface area (Å²) in [6.45, 7) is 0. The molecule has 0 saturated heterocycles. The second-order valence-corrected chi connectivity index (χ2v) is 7.41. The molecule has 0 unspecified atom stereocenters. The van der Waals surface area contributed by atoms with E-state index in [4.69, 9.17) is 9.15 Å². The fraction of sp³-hybridized carbons (Fsp3) is 0.0526. The Bertz CT molecular complexity index is 1040. The molecule has 0 fully saturated rings. The number of nitrogens with zero attached hydrogens (tertiary/aromatic N) is 1. The van der Waals surface area contributed by atoms with Crippen molar-refractivity contribution in [3.05, 3.63) is 64.2 Å². The van der Waals surface area contributed by atoms with Gasteiger partial charge in [0.2, 0.25) is 5.89 Å². The maximum Gasteiger partial charge on any atom is 0.348 e. The highest BCUT2D eigenvalue weighted by atomic mass is 32.1. The molecule has 0 aliphatic carbocycles. The van der Waals surface area contributed by atoms with Crippen molar-refractivity contribution in [2.75, 3.05) is 7.11 Å². The Kier molecular flexibility index (Phi) is 4.21. The van der Waals surface area contributed by atoms with Gasteiger partial charge in [0, 0.05) is 20.7 Å². The van der Waals surface area contributed by atoms with Crippen LogP contribution in [0.25, 0.3) is 33.0 Å². The fourth-order valence-corrected chi connectivity index (χ4v) is 4.30. The number of para-hydroxylation sites is 2. The average molecular weight is 367 g/mol. The molecule has 0 aliphatic heterocycles. The first kappa shape index (κ1) is 15.8. The van der Waals surface area contributed by atoms with Crippen molar-refractivity contribution in [1.29, 1.82) is 0 Å². The van der Waals surface area contributed by atoms with Gasteiger partial charge in [0.05, 0.1) is 7.11 Å². The van der Waals surface area contributed by atoms with E-state index in [-0.39, 0.29) is 5.97 Å². The summed E-state index contributed by atoms with van der Waals surface area (Å²) in [5.74, 6) is 0.282. The van der Waals surface area contributed by atoms with Crippen LogP contribution < -0.4 is 0 Å². The van der Waals surface area contributed by atoms with Crippen molar-refractivity contribution in [2.45, 2.75) is 0 Å². The molecule has 124 valence electrons. The van der Waals surface area contributed by atoms with Gasteiger partial charge in [-0.3, -0.25) is 0 Å². The molecule has 6 heteroatoms. The number of oxazole rings is 1. The lowest BCUT2D eigenvalue weighted by Gasteiger charge is -1.92. The van der Waals surface area contributed by atoms with Crippen LogP contribution in [-0.4, -0.2) is 18.1 Å². The molecule has 4 nitrogen and oxygen atoms in total. The van der Waals surface area contributed by atoms with Gasteiger partial charge < -0.3 is 9.15 Å². The number of methoxy groups -OCH3 is 1. The lowest BCUT2D eigenvalue weighted by Crippen LogP contribution is -1.96. The van der Waals surface area contributed by atoms with Crippen molar-refractivity contribution in [1.82, 2.24) is 4.98 Å². The standard InChI is InChI=1S/C19H13NO3S2/c1-22-19(21)17-10-9-16(25-17)15-8-6-12(24-15)7-11-18-20-13-4-2-3-5-14(13)23-18/h2-11H,1H3/b11-7+. The Hall–Kier alpha value is -2.70. The molecule has 0 atom stereocenters. The summed E-state index contributed by atoms with van der Waals surface area (Å²) in [6.07, 6.45) is 3.84. The molecule has 0 amide bonds. The SMILES string of the molecule is COC(=O)c1ccc(-c2ccc(/C=C/c3nc4ccccc4o3)s2)s1. The fourth-order valence-electron chi connectivity index (χ4n) is 2.37. The quantitative estimate of drug-likeness (QED) is 0.442.